The molecular weight excluding hydrogens is 484 g/mol. The molecule has 176 valence electrons. The molecule has 0 spiro atoms. The molecule has 0 saturated carbocycles. The highest BCUT2D eigenvalue weighted by Gasteiger charge is 2.31. The lowest BCUT2D eigenvalue weighted by molar-refractivity contribution is -0.115. The number of amides is 1. The van der Waals surface area contributed by atoms with Gasteiger partial charge in [0.1, 0.15) is 16.5 Å². The maximum atomic E-state index is 12.8. The Kier molecular flexibility index (Phi) is 6.71. The highest BCUT2D eigenvalue weighted by molar-refractivity contribution is 7.83. The number of benzene rings is 4. The van der Waals surface area contributed by atoms with Crippen molar-refractivity contribution < 1.29 is 9.53 Å². The molecule has 0 radical (unpaired) electrons. The predicted octanol–water partition coefficient (Wildman–Crippen LogP) is 7.09. The van der Waals surface area contributed by atoms with Gasteiger partial charge >= 0.3 is 0 Å². The van der Waals surface area contributed by atoms with Crippen LogP contribution in [0.4, 0.5) is 5.69 Å². The van der Waals surface area contributed by atoms with Crippen LogP contribution >= 0.6 is 24.4 Å². The topological polar surface area (TPSA) is 41.6 Å². The Bertz CT molecular complexity index is 1460. The molecule has 36 heavy (non-hydrogen) atoms. The Morgan fingerprint density at radius 2 is 1.33 bits per heavy atom. The lowest BCUT2D eigenvalue weighted by Gasteiger charge is -2.31. The van der Waals surface area contributed by atoms with E-state index in [1.807, 2.05) is 78.9 Å². The first-order chi connectivity index (χ1) is 17.5. The third-order valence-electron chi connectivity index (χ3n) is 5.78. The van der Waals surface area contributed by atoms with Crippen molar-refractivity contribution >= 4 is 52.2 Å². The minimum atomic E-state index is -0.312. The molecule has 1 amide bonds. The summed E-state index contributed by atoms with van der Waals surface area (Å²) in [7, 11) is 0. The molecule has 4 nitrogen and oxygen atoms in total. The van der Waals surface area contributed by atoms with Gasteiger partial charge in [0.05, 0.1) is 5.57 Å². The highest BCUT2D eigenvalue weighted by atomic mass is 32.1. The van der Waals surface area contributed by atoms with E-state index in [2.05, 4.69) is 36.5 Å². The lowest BCUT2D eigenvalue weighted by Crippen LogP contribution is -2.53. The SMILES string of the molecule is Cc1ccc(-c2ccc(/C=C3\C(=O)NC(=S)N(c4ccc(Oc5ccccc5)cc4)C3=S)cc2)cc1. The van der Waals surface area contributed by atoms with E-state index >= 15 is 0 Å². The zero-order valence-electron chi connectivity index (χ0n) is 19.5. The van der Waals surface area contributed by atoms with E-state index in [-0.39, 0.29) is 11.0 Å². The van der Waals surface area contributed by atoms with Crippen molar-refractivity contribution in [1.29, 1.82) is 0 Å². The molecule has 0 aromatic heterocycles. The second-order valence-corrected chi connectivity index (χ2v) is 9.13. The summed E-state index contributed by atoms with van der Waals surface area (Å²) in [6.07, 6.45) is 1.79. The first kappa shape index (κ1) is 23.6. The van der Waals surface area contributed by atoms with E-state index in [9.17, 15) is 4.79 Å². The summed E-state index contributed by atoms with van der Waals surface area (Å²) < 4.78 is 5.87. The molecule has 1 N–H and O–H groups in total. The number of hydrogen-bond acceptors (Lipinski definition) is 4. The molecule has 1 saturated heterocycles. The standard InChI is InChI=1S/C30H22N2O2S2/c1-20-7-11-22(12-8-20)23-13-9-21(10-14-23)19-27-28(33)31-30(36)32(29(27)35)24-15-17-26(18-16-24)34-25-5-3-2-4-6-25/h2-19H,1H3,(H,31,33,36)/b27-19+. The first-order valence-electron chi connectivity index (χ1n) is 11.4. The van der Waals surface area contributed by atoms with Crippen LogP contribution in [0.15, 0.2) is 109 Å². The zero-order valence-corrected chi connectivity index (χ0v) is 21.1. The van der Waals surface area contributed by atoms with Crippen molar-refractivity contribution in [2.75, 3.05) is 4.90 Å². The molecule has 1 heterocycles. The fourth-order valence-corrected chi connectivity index (χ4v) is 4.56. The van der Waals surface area contributed by atoms with Gasteiger partial charge in [-0.15, -0.1) is 0 Å². The zero-order chi connectivity index (χ0) is 25.1. The number of aryl methyl sites for hydroxylation is 1. The minimum Gasteiger partial charge on any atom is -0.457 e. The molecule has 4 aromatic carbocycles. The summed E-state index contributed by atoms with van der Waals surface area (Å²) in [5, 5.41) is 3.00. The van der Waals surface area contributed by atoms with E-state index in [4.69, 9.17) is 29.2 Å². The van der Waals surface area contributed by atoms with Crippen LogP contribution in [0.25, 0.3) is 17.2 Å². The molecule has 1 fully saturated rings. The summed E-state index contributed by atoms with van der Waals surface area (Å²) in [5.74, 6) is 1.13. The van der Waals surface area contributed by atoms with Gasteiger partial charge in [0.2, 0.25) is 0 Å². The van der Waals surface area contributed by atoms with Crippen LogP contribution in [0, 0.1) is 6.92 Å². The van der Waals surface area contributed by atoms with Crippen LogP contribution in [0.2, 0.25) is 0 Å². The quantitative estimate of drug-likeness (QED) is 0.231. The van der Waals surface area contributed by atoms with Crippen LogP contribution in [-0.4, -0.2) is 16.0 Å². The Labute approximate surface area is 220 Å². The lowest BCUT2D eigenvalue weighted by atomic mass is 10.0. The number of thiocarbonyl (C=S) groups is 2. The van der Waals surface area contributed by atoms with Crippen molar-refractivity contribution in [3.63, 3.8) is 0 Å². The molecule has 0 bridgehead atoms. The Hall–Kier alpha value is -4.13. The second-order valence-electron chi connectivity index (χ2n) is 8.35. The summed E-state index contributed by atoms with van der Waals surface area (Å²) in [6.45, 7) is 2.07. The number of nitrogens with one attached hydrogen (secondary N) is 1. The third-order valence-corrected chi connectivity index (χ3v) is 6.47. The summed E-state index contributed by atoms with van der Waals surface area (Å²) in [6, 6.07) is 33.4. The van der Waals surface area contributed by atoms with Crippen LogP contribution in [0.3, 0.4) is 0 Å². The number of para-hydroxylation sites is 1. The van der Waals surface area contributed by atoms with Gasteiger partial charge in [0.15, 0.2) is 5.11 Å². The Morgan fingerprint density at radius 3 is 1.97 bits per heavy atom. The average molecular weight is 507 g/mol. The van der Waals surface area contributed by atoms with Gasteiger partial charge in [-0.25, -0.2) is 0 Å². The molecule has 6 heteroatoms. The molecule has 1 aliphatic rings. The number of ether oxygens (including phenoxy) is 1. The molecule has 0 unspecified atom stereocenters. The Morgan fingerprint density at radius 1 is 0.750 bits per heavy atom. The first-order valence-corrected chi connectivity index (χ1v) is 12.2. The molecule has 0 atom stereocenters. The van der Waals surface area contributed by atoms with Crippen LogP contribution in [0.5, 0.6) is 11.5 Å². The summed E-state index contributed by atoms with van der Waals surface area (Å²) in [4.78, 5) is 14.8. The second kappa shape index (κ2) is 10.2. The Balaban J connectivity index is 1.37. The number of nitrogens with zero attached hydrogens (tertiary/aromatic N) is 1. The third kappa shape index (κ3) is 5.10. The van der Waals surface area contributed by atoms with Gasteiger partial charge < -0.3 is 4.74 Å². The smallest absolute Gasteiger partial charge is 0.260 e. The monoisotopic (exact) mass is 506 g/mol. The van der Waals surface area contributed by atoms with E-state index in [0.717, 1.165) is 28.1 Å². The minimum absolute atomic E-state index is 0.244. The van der Waals surface area contributed by atoms with Gasteiger partial charge in [-0.1, -0.05) is 84.5 Å². The van der Waals surface area contributed by atoms with Crippen LogP contribution < -0.4 is 15.0 Å². The average Bonchev–Trinajstić information content (AvgIpc) is 2.89. The van der Waals surface area contributed by atoms with Crippen molar-refractivity contribution in [3.8, 4) is 22.6 Å². The number of carbonyl (C=O) groups is 1. The van der Waals surface area contributed by atoms with E-state index in [1.54, 1.807) is 11.0 Å². The van der Waals surface area contributed by atoms with Crippen molar-refractivity contribution in [1.82, 2.24) is 5.32 Å². The highest BCUT2D eigenvalue weighted by Crippen LogP contribution is 2.28. The van der Waals surface area contributed by atoms with Gasteiger partial charge in [0.25, 0.3) is 5.91 Å². The van der Waals surface area contributed by atoms with Crippen molar-refractivity contribution in [3.05, 3.63) is 120 Å². The predicted molar refractivity (Wildman–Crippen MR) is 153 cm³/mol. The molecule has 4 aromatic rings. The van der Waals surface area contributed by atoms with Gasteiger partial charge in [0, 0.05) is 5.69 Å². The molecule has 0 aliphatic carbocycles. The van der Waals surface area contributed by atoms with E-state index in [0.29, 0.717) is 16.3 Å². The number of rotatable bonds is 5. The van der Waals surface area contributed by atoms with Gasteiger partial charge in [-0.2, -0.15) is 0 Å². The van der Waals surface area contributed by atoms with Crippen molar-refractivity contribution in [2.45, 2.75) is 6.92 Å². The van der Waals surface area contributed by atoms with Gasteiger partial charge in [-0.05, 0) is 78.3 Å². The molecular formula is C30H22N2O2S2. The number of hydrogen-bond donors (Lipinski definition) is 1. The maximum absolute atomic E-state index is 12.8. The normalized spacial score (nSPS) is 14.6. The fraction of sp³-hybridized carbons (Fsp3) is 0.0333. The maximum Gasteiger partial charge on any atom is 0.260 e. The van der Waals surface area contributed by atoms with E-state index in [1.165, 1.54) is 5.56 Å². The summed E-state index contributed by atoms with van der Waals surface area (Å²) in [5.41, 5.74) is 5.46. The van der Waals surface area contributed by atoms with Gasteiger partial charge in [-0.3, -0.25) is 15.0 Å². The number of anilines is 1. The molecule has 1 aliphatic heterocycles. The van der Waals surface area contributed by atoms with E-state index < -0.39 is 0 Å². The van der Waals surface area contributed by atoms with Crippen LogP contribution in [-0.2, 0) is 4.79 Å². The van der Waals surface area contributed by atoms with Crippen molar-refractivity contribution in [2.24, 2.45) is 0 Å². The molecule has 5 rings (SSSR count). The largest absolute Gasteiger partial charge is 0.457 e. The number of carbonyl (C=O) groups excluding carboxylic acids is 1. The summed E-state index contributed by atoms with van der Waals surface area (Å²) >= 11 is 11.2. The van der Waals surface area contributed by atoms with Crippen LogP contribution in [0.1, 0.15) is 11.1 Å². The fourth-order valence-electron chi connectivity index (χ4n) is 3.86.